The fourth-order valence-electron chi connectivity index (χ4n) is 1.82. The van der Waals surface area contributed by atoms with E-state index in [1.165, 1.54) is 4.68 Å². The van der Waals surface area contributed by atoms with Crippen LogP contribution in [0.3, 0.4) is 0 Å². The van der Waals surface area contributed by atoms with Gasteiger partial charge >= 0.3 is 0 Å². The van der Waals surface area contributed by atoms with Crippen LogP contribution in [0.1, 0.15) is 26.6 Å². The van der Waals surface area contributed by atoms with Gasteiger partial charge in [-0.3, -0.25) is 0 Å². The lowest BCUT2D eigenvalue weighted by Crippen LogP contribution is -2.24. The van der Waals surface area contributed by atoms with Gasteiger partial charge in [-0.1, -0.05) is 48.8 Å². The molecule has 0 fully saturated rings. The molecule has 0 spiro atoms. The van der Waals surface area contributed by atoms with Gasteiger partial charge < -0.3 is 11.6 Å². The molecule has 18 heavy (non-hydrogen) atoms. The molecule has 2 aromatic rings. The van der Waals surface area contributed by atoms with Crippen LogP contribution in [0, 0.1) is 0 Å². The topological polar surface area (TPSA) is 69.9 Å². The summed E-state index contributed by atoms with van der Waals surface area (Å²) in [5.41, 5.74) is 7.58. The Labute approximate surface area is 115 Å². The van der Waals surface area contributed by atoms with Gasteiger partial charge in [-0.25, -0.2) is 9.66 Å². The molecule has 0 unspecified atom stereocenters. The summed E-state index contributed by atoms with van der Waals surface area (Å²) in [7, 11) is 0. The van der Waals surface area contributed by atoms with Crippen molar-refractivity contribution in [2.24, 2.45) is 0 Å². The van der Waals surface area contributed by atoms with Crippen LogP contribution in [0.5, 0.6) is 0 Å². The summed E-state index contributed by atoms with van der Waals surface area (Å²) < 4.78 is 2.46. The third-order valence-electron chi connectivity index (χ3n) is 2.72. The Morgan fingerprint density at radius 2 is 1.94 bits per heavy atom. The monoisotopic (exact) mass is 308 g/mol. The number of hydrogen-bond acceptors (Lipinski definition) is 3. The Morgan fingerprint density at radius 3 is 2.44 bits per heavy atom. The van der Waals surface area contributed by atoms with E-state index in [1.807, 2.05) is 24.3 Å². The number of rotatable bonds is 1. The number of nitrogen functional groups attached to an aromatic ring is 2. The molecule has 5 heteroatoms. The predicted molar refractivity (Wildman–Crippen MR) is 78.6 cm³/mol. The van der Waals surface area contributed by atoms with Crippen molar-refractivity contribution < 1.29 is 0 Å². The van der Waals surface area contributed by atoms with Crippen molar-refractivity contribution in [3.05, 3.63) is 34.6 Å². The zero-order valence-corrected chi connectivity index (χ0v) is 12.3. The van der Waals surface area contributed by atoms with Crippen LogP contribution in [0.25, 0.3) is 11.3 Å². The summed E-state index contributed by atoms with van der Waals surface area (Å²) in [5.74, 6) is 7.24. The molecular formula is C13H17BrN4. The first-order chi connectivity index (χ1) is 8.30. The van der Waals surface area contributed by atoms with E-state index < -0.39 is 0 Å². The molecule has 1 aromatic heterocycles. The Morgan fingerprint density at radius 1 is 1.28 bits per heavy atom. The molecule has 1 aromatic carbocycles. The highest BCUT2D eigenvalue weighted by molar-refractivity contribution is 9.10. The lowest BCUT2D eigenvalue weighted by atomic mass is 9.96. The average molecular weight is 309 g/mol. The van der Waals surface area contributed by atoms with Crippen LogP contribution in [-0.4, -0.2) is 9.66 Å². The molecule has 0 aliphatic heterocycles. The molecule has 0 radical (unpaired) electrons. The average Bonchev–Trinajstić information content (AvgIpc) is 2.55. The van der Waals surface area contributed by atoms with Crippen LogP contribution < -0.4 is 11.6 Å². The largest absolute Gasteiger partial charge is 0.382 e. The predicted octanol–water partition coefficient (Wildman–Crippen LogP) is 2.91. The van der Waals surface area contributed by atoms with E-state index in [-0.39, 0.29) is 5.41 Å². The minimum Gasteiger partial charge on any atom is -0.382 e. The van der Waals surface area contributed by atoms with E-state index in [0.29, 0.717) is 5.82 Å². The van der Waals surface area contributed by atoms with Crippen LogP contribution in [0.2, 0.25) is 0 Å². The number of anilines is 1. The Kier molecular flexibility index (Phi) is 3.11. The van der Waals surface area contributed by atoms with Gasteiger partial charge in [0.15, 0.2) is 5.82 Å². The summed E-state index contributed by atoms with van der Waals surface area (Å²) in [6.07, 6.45) is 0. The van der Waals surface area contributed by atoms with Gasteiger partial charge in [0.2, 0.25) is 0 Å². The normalized spacial score (nSPS) is 11.8. The van der Waals surface area contributed by atoms with Gasteiger partial charge in [-0.2, -0.15) is 0 Å². The molecule has 2 rings (SSSR count). The summed E-state index contributed by atoms with van der Waals surface area (Å²) in [6, 6.07) is 7.86. The second kappa shape index (κ2) is 4.31. The number of hydrogen-bond donors (Lipinski definition) is 2. The number of imidazole rings is 1. The number of halogens is 1. The maximum absolute atomic E-state index is 6.04. The van der Waals surface area contributed by atoms with E-state index in [9.17, 15) is 0 Å². The van der Waals surface area contributed by atoms with E-state index in [4.69, 9.17) is 11.6 Å². The van der Waals surface area contributed by atoms with Gasteiger partial charge in [-0.15, -0.1) is 0 Å². The second-order valence-electron chi connectivity index (χ2n) is 5.30. The molecule has 0 saturated heterocycles. The molecule has 4 N–H and O–H groups in total. The fourth-order valence-corrected chi connectivity index (χ4v) is 2.22. The minimum absolute atomic E-state index is 0.146. The Hall–Kier alpha value is -1.49. The first-order valence-electron chi connectivity index (χ1n) is 5.70. The van der Waals surface area contributed by atoms with Crippen molar-refractivity contribution in [2.75, 3.05) is 11.6 Å². The first kappa shape index (κ1) is 13.0. The van der Waals surface area contributed by atoms with Crippen molar-refractivity contribution in [3.63, 3.8) is 0 Å². The molecule has 0 aliphatic rings. The van der Waals surface area contributed by atoms with Gasteiger partial charge in [0.25, 0.3) is 0 Å². The molecule has 96 valence electrons. The SMILES string of the molecule is CC(C)(C)c1nc(-c2cccc(Br)c2)c(N)n1N. The third kappa shape index (κ3) is 2.22. The van der Waals surface area contributed by atoms with Gasteiger partial charge in [-0.05, 0) is 12.1 Å². The zero-order chi connectivity index (χ0) is 13.5. The van der Waals surface area contributed by atoms with Crippen molar-refractivity contribution in [1.82, 2.24) is 9.66 Å². The van der Waals surface area contributed by atoms with E-state index in [2.05, 4.69) is 41.7 Å². The quantitative estimate of drug-likeness (QED) is 0.796. The number of nitrogens with zero attached hydrogens (tertiary/aromatic N) is 2. The first-order valence-corrected chi connectivity index (χ1v) is 6.49. The van der Waals surface area contributed by atoms with E-state index in [0.717, 1.165) is 21.6 Å². The molecule has 0 bridgehead atoms. The molecule has 0 atom stereocenters. The van der Waals surface area contributed by atoms with Crippen LogP contribution in [0.4, 0.5) is 5.82 Å². The smallest absolute Gasteiger partial charge is 0.150 e. The Balaban J connectivity index is 2.60. The zero-order valence-electron chi connectivity index (χ0n) is 10.7. The summed E-state index contributed by atoms with van der Waals surface area (Å²) in [6.45, 7) is 6.18. The van der Waals surface area contributed by atoms with E-state index in [1.54, 1.807) is 0 Å². The summed E-state index contributed by atoms with van der Waals surface area (Å²) >= 11 is 3.44. The van der Waals surface area contributed by atoms with Crippen LogP contribution in [-0.2, 0) is 5.41 Å². The third-order valence-corrected chi connectivity index (χ3v) is 3.21. The fraction of sp³-hybridized carbons (Fsp3) is 0.308. The molecular weight excluding hydrogens is 292 g/mol. The van der Waals surface area contributed by atoms with Crippen LogP contribution >= 0.6 is 15.9 Å². The standard InChI is InChI=1S/C13H17BrN4/c1-13(2,3)12-17-10(11(15)18(12)16)8-5-4-6-9(14)7-8/h4-7H,15-16H2,1-3H3. The minimum atomic E-state index is -0.146. The number of nitrogens with two attached hydrogens (primary N) is 2. The molecule has 0 aliphatic carbocycles. The summed E-state index contributed by atoms with van der Waals surface area (Å²) in [5, 5.41) is 0. The van der Waals surface area contributed by atoms with Gasteiger partial charge in [0.1, 0.15) is 11.5 Å². The van der Waals surface area contributed by atoms with Gasteiger partial charge in [0, 0.05) is 15.5 Å². The highest BCUT2D eigenvalue weighted by Crippen LogP contribution is 2.31. The second-order valence-corrected chi connectivity index (χ2v) is 6.22. The lowest BCUT2D eigenvalue weighted by molar-refractivity contribution is 0.532. The highest BCUT2D eigenvalue weighted by Gasteiger charge is 2.24. The maximum atomic E-state index is 6.04. The highest BCUT2D eigenvalue weighted by atomic mass is 79.9. The van der Waals surface area contributed by atoms with Gasteiger partial charge in [0.05, 0.1) is 0 Å². The van der Waals surface area contributed by atoms with Crippen molar-refractivity contribution >= 4 is 21.7 Å². The van der Waals surface area contributed by atoms with Crippen molar-refractivity contribution in [3.8, 4) is 11.3 Å². The maximum Gasteiger partial charge on any atom is 0.150 e. The molecule has 1 heterocycles. The Bertz CT molecular complexity index is 581. The summed E-state index contributed by atoms with van der Waals surface area (Å²) in [4.78, 5) is 4.58. The molecule has 0 amide bonds. The number of aromatic nitrogens is 2. The lowest BCUT2D eigenvalue weighted by Gasteiger charge is -2.17. The van der Waals surface area contributed by atoms with E-state index >= 15 is 0 Å². The molecule has 4 nitrogen and oxygen atoms in total. The number of benzene rings is 1. The molecule has 0 saturated carbocycles. The van der Waals surface area contributed by atoms with Crippen LogP contribution in [0.15, 0.2) is 28.7 Å². The van der Waals surface area contributed by atoms with Crippen molar-refractivity contribution in [1.29, 1.82) is 0 Å². The van der Waals surface area contributed by atoms with Crippen molar-refractivity contribution in [2.45, 2.75) is 26.2 Å².